The standard InChI is InChI=1S/C11H9ClN4O4/c1-15-5-9(17)13-11(15)14-10(18)6-2-3-7(12)8(4-6)16(19)20/h2-4H,5H2,1H3,(H,13,14,17,18). The van der Waals surface area contributed by atoms with E-state index in [-0.39, 0.29) is 34.7 Å². The van der Waals surface area contributed by atoms with E-state index in [0.29, 0.717) is 0 Å². The SMILES string of the molecule is CN1CC(=O)NC1=NC(=O)c1ccc(Cl)c([N+](=O)[O-])c1. The van der Waals surface area contributed by atoms with Crippen LogP contribution in [0.25, 0.3) is 0 Å². The zero-order chi connectivity index (χ0) is 14.9. The van der Waals surface area contributed by atoms with Gasteiger partial charge in [-0.05, 0) is 12.1 Å². The average molecular weight is 297 g/mol. The molecular formula is C11H9ClN4O4. The lowest BCUT2D eigenvalue weighted by molar-refractivity contribution is -0.384. The number of hydrogen-bond acceptors (Lipinski definition) is 4. The van der Waals surface area contributed by atoms with Crippen LogP contribution in [0.4, 0.5) is 5.69 Å². The minimum absolute atomic E-state index is 0.0168. The molecule has 0 aliphatic carbocycles. The highest BCUT2D eigenvalue weighted by Crippen LogP contribution is 2.25. The van der Waals surface area contributed by atoms with Gasteiger partial charge in [-0.25, -0.2) is 0 Å². The van der Waals surface area contributed by atoms with Crippen LogP contribution in [0.5, 0.6) is 0 Å². The van der Waals surface area contributed by atoms with Gasteiger partial charge in [0.25, 0.3) is 11.6 Å². The monoisotopic (exact) mass is 296 g/mol. The van der Waals surface area contributed by atoms with Crippen LogP contribution in [0, 0.1) is 10.1 Å². The van der Waals surface area contributed by atoms with Gasteiger partial charge in [0, 0.05) is 18.7 Å². The van der Waals surface area contributed by atoms with E-state index < -0.39 is 10.8 Å². The van der Waals surface area contributed by atoms with E-state index in [1.807, 2.05) is 0 Å². The van der Waals surface area contributed by atoms with Crippen LogP contribution in [0.2, 0.25) is 5.02 Å². The Hall–Kier alpha value is -2.48. The molecule has 1 N–H and O–H groups in total. The lowest BCUT2D eigenvalue weighted by atomic mass is 10.2. The average Bonchev–Trinajstić information content (AvgIpc) is 2.67. The Morgan fingerprint density at radius 1 is 1.55 bits per heavy atom. The van der Waals surface area contributed by atoms with Crippen molar-refractivity contribution in [2.24, 2.45) is 4.99 Å². The summed E-state index contributed by atoms with van der Waals surface area (Å²) in [6, 6.07) is 3.63. The number of nitrogens with one attached hydrogen (secondary N) is 1. The molecule has 0 atom stereocenters. The van der Waals surface area contributed by atoms with Crippen LogP contribution in [-0.2, 0) is 4.79 Å². The highest BCUT2D eigenvalue weighted by Gasteiger charge is 2.23. The summed E-state index contributed by atoms with van der Waals surface area (Å²) in [5.74, 6) is -0.868. The van der Waals surface area contributed by atoms with Gasteiger partial charge in [-0.1, -0.05) is 11.6 Å². The van der Waals surface area contributed by atoms with Crippen molar-refractivity contribution >= 4 is 35.1 Å². The van der Waals surface area contributed by atoms with Crippen LogP contribution in [0.1, 0.15) is 10.4 Å². The molecule has 2 amide bonds. The molecule has 1 aromatic rings. The van der Waals surface area contributed by atoms with Crippen LogP contribution in [0.15, 0.2) is 23.2 Å². The zero-order valence-corrected chi connectivity index (χ0v) is 11.0. The van der Waals surface area contributed by atoms with Gasteiger partial charge in [0.1, 0.15) is 5.02 Å². The number of halogens is 1. The molecule has 0 saturated carbocycles. The molecule has 104 valence electrons. The van der Waals surface area contributed by atoms with Crippen LogP contribution in [-0.4, -0.2) is 41.2 Å². The van der Waals surface area contributed by atoms with Gasteiger partial charge in [-0.3, -0.25) is 25.0 Å². The summed E-state index contributed by atoms with van der Waals surface area (Å²) in [5, 5.41) is 13.1. The third-order valence-electron chi connectivity index (χ3n) is 2.59. The highest BCUT2D eigenvalue weighted by atomic mass is 35.5. The number of benzene rings is 1. The highest BCUT2D eigenvalue weighted by molar-refractivity contribution is 6.32. The Balaban J connectivity index is 2.30. The number of nitro groups is 1. The minimum atomic E-state index is -0.700. The molecule has 0 spiro atoms. The molecule has 8 nitrogen and oxygen atoms in total. The van der Waals surface area contributed by atoms with E-state index in [1.165, 1.54) is 17.0 Å². The van der Waals surface area contributed by atoms with Gasteiger partial charge in [0.15, 0.2) is 0 Å². The first-order valence-corrected chi connectivity index (χ1v) is 5.84. The number of amides is 2. The first-order chi connectivity index (χ1) is 9.38. The smallest absolute Gasteiger partial charge is 0.288 e. The number of rotatable bonds is 2. The van der Waals surface area contributed by atoms with E-state index in [9.17, 15) is 19.7 Å². The summed E-state index contributed by atoms with van der Waals surface area (Å²) in [5.41, 5.74) is -0.357. The number of aliphatic imine (C=N–C) groups is 1. The van der Waals surface area contributed by atoms with Crippen LogP contribution < -0.4 is 5.32 Å². The quantitative estimate of drug-likeness (QED) is 0.642. The Morgan fingerprint density at radius 3 is 2.80 bits per heavy atom. The lowest BCUT2D eigenvalue weighted by Gasteiger charge is -2.07. The summed E-state index contributed by atoms with van der Waals surface area (Å²) >= 11 is 5.65. The molecule has 2 rings (SSSR count). The van der Waals surface area contributed by atoms with Crippen LogP contribution in [0.3, 0.4) is 0 Å². The fourth-order valence-corrected chi connectivity index (χ4v) is 1.80. The Bertz CT molecular complexity index is 643. The number of guanidine groups is 1. The van der Waals surface area contributed by atoms with Crippen molar-refractivity contribution in [2.75, 3.05) is 13.6 Å². The van der Waals surface area contributed by atoms with E-state index in [4.69, 9.17) is 11.6 Å². The number of hydrogen-bond donors (Lipinski definition) is 1. The fraction of sp³-hybridized carbons (Fsp3) is 0.182. The number of nitro benzene ring substituents is 1. The molecule has 0 bridgehead atoms. The van der Waals surface area contributed by atoms with Crippen LogP contribution >= 0.6 is 11.6 Å². The molecule has 0 unspecified atom stereocenters. The summed E-state index contributed by atoms with van der Waals surface area (Å²) < 4.78 is 0. The zero-order valence-electron chi connectivity index (χ0n) is 10.3. The lowest BCUT2D eigenvalue weighted by Crippen LogP contribution is -2.28. The van der Waals surface area contributed by atoms with Gasteiger partial charge in [0.05, 0.1) is 11.5 Å². The normalized spacial score (nSPS) is 16.4. The molecule has 1 heterocycles. The largest absolute Gasteiger partial charge is 0.336 e. The van der Waals surface area contributed by atoms with Crippen molar-refractivity contribution in [1.82, 2.24) is 10.2 Å². The first kappa shape index (κ1) is 13.9. The topological polar surface area (TPSA) is 105 Å². The minimum Gasteiger partial charge on any atom is -0.336 e. The third kappa shape index (κ3) is 2.75. The van der Waals surface area contributed by atoms with Crippen molar-refractivity contribution in [3.63, 3.8) is 0 Å². The molecule has 0 aromatic heterocycles. The third-order valence-corrected chi connectivity index (χ3v) is 2.91. The van der Waals surface area contributed by atoms with Crippen molar-refractivity contribution < 1.29 is 14.5 Å². The molecule has 1 aromatic carbocycles. The Morgan fingerprint density at radius 2 is 2.25 bits per heavy atom. The summed E-state index contributed by atoms with van der Waals surface area (Å²) in [7, 11) is 1.59. The molecule has 9 heteroatoms. The van der Waals surface area contributed by atoms with E-state index >= 15 is 0 Å². The second-order valence-corrected chi connectivity index (χ2v) is 4.48. The molecule has 20 heavy (non-hydrogen) atoms. The fourth-order valence-electron chi connectivity index (χ4n) is 1.61. The molecular weight excluding hydrogens is 288 g/mol. The Kier molecular flexibility index (Phi) is 3.66. The maximum absolute atomic E-state index is 11.9. The molecule has 1 aliphatic rings. The molecule has 1 aliphatic heterocycles. The summed E-state index contributed by atoms with van der Waals surface area (Å²) in [4.78, 5) is 38.3. The Labute approximate surface area is 118 Å². The molecule has 1 fully saturated rings. The van der Waals surface area contributed by atoms with E-state index in [2.05, 4.69) is 10.3 Å². The van der Waals surface area contributed by atoms with Crippen molar-refractivity contribution in [3.05, 3.63) is 38.9 Å². The van der Waals surface area contributed by atoms with E-state index in [1.54, 1.807) is 7.05 Å². The maximum Gasteiger partial charge on any atom is 0.288 e. The van der Waals surface area contributed by atoms with E-state index in [0.717, 1.165) is 6.07 Å². The first-order valence-electron chi connectivity index (χ1n) is 5.46. The van der Waals surface area contributed by atoms with Gasteiger partial charge in [0.2, 0.25) is 11.9 Å². The maximum atomic E-state index is 11.9. The predicted molar refractivity (Wildman–Crippen MR) is 70.6 cm³/mol. The second-order valence-electron chi connectivity index (χ2n) is 4.07. The number of carbonyl (C=O) groups excluding carboxylic acids is 2. The second kappa shape index (κ2) is 5.25. The predicted octanol–water partition coefficient (Wildman–Crippen LogP) is 0.806. The van der Waals surface area contributed by atoms with Gasteiger partial charge >= 0.3 is 0 Å². The summed E-state index contributed by atoms with van der Waals surface area (Å²) in [6.07, 6.45) is 0. The van der Waals surface area contributed by atoms with Gasteiger partial charge < -0.3 is 4.90 Å². The molecule has 1 saturated heterocycles. The van der Waals surface area contributed by atoms with Crippen molar-refractivity contribution in [2.45, 2.75) is 0 Å². The van der Waals surface area contributed by atoms with Gasteiger partial charge in [-0.15, -0.1) is 0 Å². The number of likely N-dealkylation sites (N-methyl/N-ethyl adjacent to an activating group) is 1. The molecule has 0 radical (unpaired) electrons. The van der Waals surface area contributed by atoms with Crippen molar-refractivity contribution in [3.8, 4) is 0 Å². The van der Waals surface area contributed by atoms with Gasteiger partial charge in [-0.2, -0.15) is 4.99 Å². The summed E-state index contributed by atoms with van der Waals surface area (Å²) in [6.45, 7) is 0.104. The number of carbonyl (C=O) groups is 2. The number of nitrogens with zero attached hydrogens (tertiary/aromatic N) is 3. The van der Waals surface area contributed by atoms with Crippen molar-refractivity contribution in [1.29, 1.82) is 0 Å².